The Morgan fingerprint density at radius 3 is 2.64 bits per heavy atom. The molecule has 9 nitrogen and oxygen atoms in total. The quantitative estimate of drug-likeness (QED) is 0.479. The van der Waals surface area contributed by atoms with Gasteiger partial charge in [-0.15, -0.1) is 0 Å². The molecule has 1 amide bonds. The number of pyridine rings is 1. The lowest BCUT2D eigenvalue weighted by atomic mass is 10.0. The van der Waals surface area contributed by atoms with Crippen molar-refractivity contribution in [3.8, 4) is 17.0 Å². The van der Waals surface area contributed by atoms with E-state index in [1.54, 1.807) is 18.3 Å². The van der Waals surface area contributed by atoms with E-state index in [0.717, 1.165) is 46.7 Å². The van der Waals surface area contributed by atoms with Gasteiger partial charge in [0, 0.05) is 43.4 Å². The number of allylic oxidation sites excluding steroid dienone is 1. The van der Waals surface area contributed by atoms with Crippen LogP contribution in [-0.4, -0.2) is 62.7 Å². The zero-order valence-electron chi connectivity index (χ0n) is 21.5. The number of amides is 1. The number of halogens is 3. The zero-order chi connectivity index (χ0) is 27.4. The number of hydrogen-bond acceptors (Lipinski definition) is 7. The molecule has 3 aliphatic rings. The lowest BCUT2D eigenvalue weighted by molar-refractivity contribution is -0.646. The van der Waals surface area contributed by atoms with Crippen LogP contribution in [0.3, 0.4) is 0 Å². The van der Waals surface area contributed by atoms with Gasteiger partial charge in [-0.25, -0.2) is 15.8 Å². The second-order valence-electron chi connectivity index (χ2n) is 9.55. The van der Waals surface area contributed by atoms with Crippen molar-refractivity contribution in [2.24, 2.45) is 0 Å². The second-order valence-corrected chi connectivity index (χ2v) is 9.55. The first-order valence-electron chi connectivity index (χ1n) is 12.9. The average Bonchev–Trinajstić information content (AvgIpc) is 2.95. The van der Waals surface area contributed by atoms with Crippen molar-refractivity contribution in [2.45, 2.75) is 32.0 Å². The Hall–Kier alpha value is -3.61. The normalized spacial score (nSPS) is 18.6. The van der Waals surface area contributed by atoms with Crippen molar-refractivity contribution >= 4 is 17.3 Å². The van der Waals surface area contributed by atoms with Gasteiger partial charge in [0.05, 0.1) is 32.0 Å². The lowest BCUT2D eigenvalue weighted by Gasteiger charge is -2.31. The summed E-state index contributed by atoms with van der Waals surface area (Å²) in [5.41, 5.74) is 6.08. The Balaban J connectivity index is 1.40. The molecule has 0 saturated carbocycles. The van der Waals surface area contributed by atoms with Gasteiger partial charge in [-0.2, -0.15) is 13.2 Å². The van der Waals surface area contributed by atoms with Crippen molar-refractivity contribution in [1.82, 2.24) is 10.4 Å². The van der Waals surface area contributed by atoms with E-state index in [1.165, 1.54) is 6.20 Å². The van der Waals surface area contributed by atoms with E-state index in [0.29, 0.717) is 51.1 Å². The van der Waals surface area contributed by atoms with Crippen LogP contribution < -0.4 is 25.8 Å². The molecule has 1 aromatic carbocycles. The third-order valence-electron chi connectivity index (χ3n) is 6.81. The second kappa shape index (κ2) is 11.6. The molecule has 2 aromatic rings. The number of morpholine rings is 1. The Morgan fingerprint density at radius 1 is 1.15 bits per heavy atom. The number of carbonyl (C=O) groups excluding carboxylic acids is 1. The first-order valence-corrected chi connectivity index (χ1v) is 12.9. The molecule has 2 fully saturated rings. The number of alkyl halides is 3. The Bertz CT molecular complexity index is 1270. The zero-order valence-corrected chi connectivity index (χ0v) is 21.5. The number of nitrogens with two attached hydrogens (primary N) is 1. The molecule has 12 heteroatoms. The van der Waals surface area contributed by atoms with Crippen LogP contribution in [0.2, 0.25) is 0 Å². The van der Waals surface area contributed by atoms with Crippen LogP contribution in [0.5, 0.6) is 5.88 Å². The van der Waals surface area contributed by atoms with E-state index < -0.39 is 17.8 Å². The maximum absolute atomic E-state index is 13.1. The standard InChI is InChI=1S/C27H30F3N5O4/c1-17-2-3-20(33-25(36)19-13-24(27(28,29)30)34-32-16-19)14-22(17)18-12-23(35-6-10-38-11-7-35)26(31-15-18)39-21-4-8-37-9-5-21/h2-3,12-16,21,32,34H,4-11H2,1H3,(H,33,36)/p+1. The van der Waals surface area contributed by atoms with Gasteiger partial charge in [0.25, 0.3) is 5.91 Å². The average molecular weight is 547 g/mol. The van der Waals surface area contributed by atoms with Crippen LogP contribution in [0.1, 0.15) is 18.4 Å². The molecule has 0 unspecified atom stereocenters. The number of carbonyl (C=O) groups is 1. The van der Waals surface area contributed by atoms with Crippen molar-refractivity contribution in [1.29, 1.82) is 0 Å². The Kier molecular flexibility index (Phi) is 8.05. The topological polar surface area (TPSA) is 102 Å². The van der Waals surface area contributed by atoms with Gasteiger partial charge in [-0.05, 0) is 42.3 Å². The fourth-order valence-electron chi connectivity index (χ4n) is 4.65. The molecule has 0 atom stereocenters. The summed E-state index contributed by atoms with van der Waals surface area (Å²) in [6.45, 7) is 5.89. The monoisotopic (exact) mass is 546 g/mol. The summed E-state index contributed by atoms with van der Waals surface area (Å²) in [6, 6.07) is 7.40. The molecule has 0 bridgehead atoms. The third kappa shape index (κ3) is 6.52. The summed E-state index contributed by atoms with van der Waals surface area (Å²) in [5.74, 6) is -0.0762. The van der Waals surface area contributed by atoms with Gasteiger partial charge in [0.2, 0.25) is 5.88 Å². The minimum Gasteiger partial charge on any atom is -0.473 e. The Morgan fingerprint density at radius 2 is 1.90 bits per heavy atom. The highest BCUT2D eigenvalue weighted by atomic mass is 19.4. The van der Waals surface area contributed by atoms with Gasteiger partial charge in [0.1, 0.15) is 18.0 Å². The molecular weight excluding hydrogens is 515 g/mol. The van der Waals surface area contributed by atoms with E-state index in [2.05, 4.69) is 15.6 Å². The molecular formula is C27H31F3N5O4+. The lowest BCUT2D eigenvalue weighted by Crippen LogP contribution is -2.89. The van der Waals surface area contributed by atoms with Crippen LogP contribution >= 0.6 is 0 Å². The van der Waals surface area contributed by atoms with E-state index in [9.17, 15) is 18.0 Å². The van der Waals surface area contributed by atoms with Gasteiger partial charge < -0.3 is 24.4 Å². The number of aromatic nitrogens is 1. The highest BCUT2D eigenvalue weighted by Crippen LogP contribution is 2.35. The molecule has 0 radical (unpaired) electrons. The predicted molar refractivity (Wildman–Crippen MR) is 138 cm³/mol. The van der Waals surface area contributed by atoms with Crippen molar-refractivity contribution in [3.05, 3.63) is 59.6 Å². The molecule has 0 spiro atoms. The molecule has 4 heterocycles. The van der Waals surface area contributed by atoms with Crippen LogP contribution in [0, 0.1) is 6.92 Å². The molecule has 5 rings (SSSR count). The molecule has 2 saturated heterocycles. The number of nitrogens with one attached hydrogen (secondary N) is 2. The fourth-order valence-corrected chi connectivity index (χ4v) is 4.65. The van der Waals surface area contributed by atoms with Crippen LogP contribution in [0.15, 0.2) is 54.0 Å². The Labute approximate surface area is 224 Å². The minimum atomic E-state index is -4.58. The van der Waals surface area contributed by atoms with E-state index >= 15 is 0 Å². The summed E-state index contributed by atoms with van der Waals surface area (Å²) in [7, 11) is 0. The van der Waals surface area contributed by atoms with Gasteiger partial charge >= 0.3 is 6.18 Å². The summed E-state index contributed by atoms with van der Waals surface area (Å²) < 4.78 is 56.5. The number of hydrogen-bond donors (Lipinski definition) is 3. The molecule has 208 valence electrons. The molecule has 3 aliphatic heterocycles. The minimum absolute atomic E-state index is 0.0330. The number of quaternary nitrogens is 1. The molecule has 4 N–H and O–H groups in total. The third-order valence-corrected chi connectivity index (χ3v) is 6.81. The summed E-state index contributed by atoms with van der Waals surface area (Å²) >= 11 is 0. The van der Waals surface area contributed by atoms with Gasteiger partial charge in [0.15, 0.2) is 5.70 Å². The summed E-state index contributed by atoms with van der Waals surface area (Å²) in [5, 5.41) is 2.71. The number of ether oxygens (including phenoxy) is 3. The summed E-state index contributed by atoms with van der Waals surface area (Å²) in [6.07, 6.45) is 0.891. The first-order chi connectivity index (χ1) is 18.8. The molecule has 0 aliphatic carbocycles. The maximum atomic E-state index is 13.1. The number of nitrogens with zero attached hydrogens (tertiary/aromatic N) is 2. The van der Waals surface area contributed by atoms with Crippen molar-refractivity contribution in [3.63, 3.8) is 0 Å². The van der Waals surface area contributed by atoms with Crippen LogP contribution in [-0.2, 0) is 14.3 Å². The predicted octanol–water partition coefficient (Wildman–Crippen LogP) is 2.80. The van der Waals surface area contributed by atoms with Gasteiger partial charge in [-0.3, -0.25) is 4.79 Å². The smallest absolute Gasteiger partial charge is 0.435 e. The van der Waals surface area contributed by atoms with E-state index in [1.807, 2.05) is 19.1 Å². The first kappa shape index (κ1) is 27.0. The maximum Gasteiger partial charge on any atom is 0.435 e. The number of aryl methyl sites for hydroxylation is 1. The van der Waals surface area contributed by atoms with Crippen molar-refractivity contribution < 1.29 is 37.6 Å². The van der Waals surface area contributed by atoms with Crippen LogP contribution in [0.4, 0.5) is 24.5 Å². The molecule has 39 heavy (non-hydrogen) atoms. The van der Waals surface area contributed by atoms with Gasteiger partial charge in [-0.1, -0.05) is 6.07 Å². The number of anilines is 2. The highest BCUT2D eigenvalue weighted by molar-refractivity contribution is 6.06. The van der Waals surface area contributed by atoms with E-state index in [4.69, 9.17) is 19.2 Å². The molecule has 1 aromatic heterocycles. The number of benzene rings is 1. The summed E-state index contributed by atoms with van der Waals surface area (Å²) in [4.78, 5) is 19.7. The highest BCUT2D eigenvalue weighted by Gasteiger charge is 2.37. The largest absolute Gasteiger partial charge is 0.473 e. The van der Waals surface area contributed by atoms with Crippen molar-refractivity contribution in [2.75, 3.05) is 49.7 Å². The SMILES string of the molecule is Cc1ccc(NC(=O)C2=C[NH2+]NC(C(F)(F)F)=C2)cc1-c1cnc(OC2CCOCC2)c(N2CCOCC2)c1. The number of rotatable bonds is 6. The van der Waals surface area contributed by atoms with E-state index in [-0.39, 0.29) is 11.7 Å². The fraction of sp³-hybridized carbons (Fsp3) is 0.407. The van der Waals surface area contributed by atoms with Crippen LogP contribution in [0.25, 0.3) is 11.1 Å².